The first kappa shape index (κ1) is 13.3. The number of rotatable bonds is 2. The Hall–Kier alpha value is -1.36. The molecule has 0 amide bonds. The first-order valence-corrected chi connectivity index (χ1v) is 8.47. The van der Waals surface area contributed by atoms with Gasteiger partial charge in [-0.15, -0.1) is 0 Å². The lowest BCUT2D eigenvalue weighted by Gasteiger charge is -2.42. The van der Waals surface area contributed by atoms with Crippen molar-refractivity contribution >= 4 is 33.5 Å². The van der Waals surface area contributed by atoms with Gasteiger partial charge in [-0.2, -0.15) is 0 Å². The molecule has 0 spiro atoms. The van der Waals surface area contributed by atoms with Crippen LogP contribution in [0.2, 0.25) is 0 Å². The van der Waals surface area contributed by atoms with Crippen LogP contribution in [-0.2, 0) is 5.41 Å². The standard InChI is InChI=1S/C18H17IN2/c1-12-9-15-16(10-21-17(15)11-20-12)18(7-2-8-18)13-3-5-14(19)6-4-13/h3-6,9-11,21H,2,7-8H2,1H3. The Labute approximate surface area is 138 Å². The molecule has 3 heteroatoms. The predicted octanol–water partition coefficient (Wildman–Crippen LogP) is 4.95. The lowest BCUT2D eigenvalue weighted by molar-refractivity contribution is 0.304. The summed E-state index contributed by atoms with van der Waals surface area (Å²) in [5.41, 5.74) is 5.31. The monoisotopic (exact) mass is 388 g/mol. The van der Waals surface area contributed by atoms with E-state index in [9.17, 15) is 0 Å². The molecule has 0 radical (unpaired) electrons. The summed E-state index contributed by atoms with van der Waals surface area (Å²) < 4.78 is 1.30. The first-order chi connectivity index (χ1) is 10.2. The van der Waals surface area contributed by atoms with Crippen molar-refractivity contribution < 1.29 is 0 Å². The minimum atomic E-state index is 0.191. The second-order valence-corrected chi connectivity index (χ2v) is 7.26. The molecule has 1 aliphatic carbocycles. The van der Waals surface area contributed by atoms with Gasteiger partial charge in [0.15, 0.2) is 0 Å². The molecule has 0 atom stereocenters. The van der Waals surface area contributed by atoms with Crippen LogP contribution in [-0.4, -0.2) is 9.97 Å². The van der Waals surface area contributed by atoms with E-state index in [1.165, 1.54) is 39.3 Å². The molecule has 2 nitrogen and oxygen atoms in total. The van der Waals surface area contributed by atoms with E-state index >= 15 is 0 Å². The molecule has 1 aliphatic rings. The number of H-pyrrole nitrogens is 1. The van der Waals surface area contributed by atoms with Crippen molar-refractivity contribution in [1.82, 2.24) is 9.97 Å². The highest BCUT2D eigenvalue weighted by Gasteiger charge is 2.41. The van der Waals surface area contributed by atoms with Gasteiger partial charge < -0.3 is 4.98 Å². The number of hydrogen-bond acceptors (Lipinski definition) is 1. The average molecular weight is 388 g/mol. The molecule has 21 heavy (non-hydrogen) atoms. The van der Waals surface area contributed by atoms with Gasteiger partial charge in [0.05, 0.1) is 11.7 Å². The Morgan fingerprint density at radius 3 is 2.62 bits per heavy atom. The van der Waals surface area contributed by atoms with Gasteiger partial charge in [0.25, 0.3) is 0 Å². The van der Waals surface area contributed by atoms with E-state index in [2.05, 4.69) is 76.0 Å². The minimum absolute atomic E-state index is 0.191. The van der Waals surface area contributed by atoms with Crippen LogP contribution < -0.4 is 0 Å². The first-order valence-electron chi connectivity index (χ1n) is 7.39. The molecule has 0 saturated heterocycles. The van der Waals surface area contributed by atoms with Crippen molar-refractivity contribution in [2.75, 3.05) is 0 Å². The normalized spacial score (nSPS) is 16.9. The zero-order valence-electron chi connectivity index (χ0n) is 12.0. The maximum Gasteiger partial charge on any atom is 0.0643 e. The van der Waals surface area contributed by atoms with Gasteiger partial charge in [0.2, 0.25) is 0 Å². The largest absolute Gasteiger partial charge is 0.360 e. The van der Waals surface area contributed by atoms with Crippen LogP contribution in [0.25, 0.3) is 10.9 Å². The van der Waals surface area contributed by atoms with Crippen LogP contribution in [0, 0.1) is 10.5 Å². The summed E-state index contributed by atoms with van der Waals surface area (Å²) in [4.78, 5) is 7.81. The molecule has 0 unspecified atom stereocenters. The van der Waals surface area contributed by atoms with Crippen LogP contribution in [0.3, 0.4) is 0 Å². The molecule has 1 aromatic carbocycles. The van der Waals surface area contributed by atoms with Crippen LogP contribution in [0.15, 0.2) is 42.7 Å². The highest BCUT2D eigenvalue weighted by molar-refractivity contribution is 14.1. The second-order valence-electron chi connectivity index (χ2n) is 6.02. The Kier molecular flexibility index (Phi) is 3.06. The Balaban J connectivity index is 1.92. The summed E-state index contributed by atoms with van der Waals surface area (Å²) in [6, 6.07) is 11.3. The summed E-state index contributed by atoms with van der Waals surface area (Å²) in [7, 11) is 0. The number of nitrogens with one attached hydrogen (secondary N) is 1. The molecule has 1 saturated carbocycles. The van der Waals surface area contributed by atoms with Gasteiger partial charge in [0.1, 0.15) is 0 Å². The molecule has 0 bridgehead atoms. The number of halogens is 1. The number of hydrogen-bond donors (Lipinski definition) is 1. The van der Waals surface area contributed by atoms with Crippen molar-refractivity contribution in [1.29, 1.82) is 0 Å². The fraction of sp³-hybridized carbons (Fsp3) is 0.278. The van der Waals surface area contributed by atoms with E-state index in [4.69, 9.17) is 0 Å². The highest BCUT2D eigenvalue weighted by atomic mass is 127. The number of benzene rings is 1. The van der Waals surface area contributed by atoms with E-state index in [0.717, 1.165) is 11.2 Å². The summed E-state index contributed by atoms with van der Waals surface area (Å²) in [5, 5.41) is 1.33. The van der Waals surface area contributed by atoms with E-state index in [-0.39, 0.29) is 5.41 Å². The fourth-order valence-electron chi connectivity index (χ4n) is 3.53. The summed E-state index contributed by atoms with van der Waals surface area (Å²) >= 11 is 2.37. The maximum atomic E-state index is 4.40. The number of aromatic amines is 1. The molecule has 2 aromatic heterocycles. The van der Waals surface area contributed by atoms with Crippen LogP contribution in [0.4, 0.5) is 0 Å². The fourth-order valence-corrected chi connectivity index (χ4v) is 3.89. The number of aryl methyl sites for hydroxylation is 1. The third-order valence-electron chi connectivity index (χ3n) is 4.82. The SMILES string of the molecule is Cc1cc2c(C3(c4ccc(I)cc4)CCC3)c[nH]c2cn1. The zero-order valence-corrected chi connectivity index (χ0v) is 14.1. The quantitative estimate of drug-likeness (QED) is 0.619. The van der Waals surface area contributed by atoms with Gasteiger partial charge in [-0.25, -0.2) is 0 Å². The lowest BCUT2D eigenvalue weighted by atomic mass is 9.60. The molecule has 4 rings (SSSR count). The third-order valence-corrected chi connectivity index (χ3v) is 5.54. The van der Waals surface area contributed by atoms with Crippen LogP contribution in [0.1, 0.15) is 36.1 Å². The summed E-state index contributed by atoms with van der Waals surface area (Å²) in [5.74, 6) is 0. The van der Waals surface area contributed by atoms with Gasteiger partial charge >= 0.3 is 0 Å². The van der Waals surface area contributed by atoms with Crippen LogP contribution in [0.5, 0.6) is 0 Å². The molecular formula is C18H17IN2. The van der Waals surface area contributed by atoms with Crippen molar-refractivity contribution in [2.45, 2.75) is 31.6 Å². The Morgan fingerprint density at radius 2 is 1.95 bits per heavy atom. The lowest BCUT2D eigenvalue weighted by Crippen LogP contribution is -2.35. The van der Waals surface area contributed by atoms with Crippen molar-refractivity contribution in [3.8, 4) is 0 Å². The van der Waals surface area contributed by atoms with Gasteiger partial charge in [-0.05, 0) is 71.7 Å². The molecule has 2 heterocycles. The second kappa shape index (κ2) is 4.83. The van der Waals surface area contributed by atoms with Gasteiger partial charge in [0, 0.05) is 26.3 Å². The number of pyridine rings is 1. The van der Waals surface area contributed by atoms with Gasteiger partial charge in [-0.3, -0.25) is 4.98 Å². The zero-order chi connectivity index (χ0) is 14.4. The molecule has 106 valence electrons. The predicted molar refractivity (Wildman–Crippen MR) is 94.6 cm³/mol. The molecule has 3 aromatic rings. The molecular weight excluding hydrogens is 371 g/mol. The smallest absolute Gasteiger partial charge is 0.0643 e. The van der Waals surface area contributed by atoms with E-state index in [1.807, 2.05) is 6.20 Å². The van der Waals surface area contributed by atoms with Crippen molar-refractivity contribution in [3.63, 3.8) is 0 Å². The van der Waals surface area contributed by atoms with Gasteiger partial charge in [-0.1, -0.05) is 18.6 Å². The molecule has 1 fully saturated rings. The van der Waals surface area contributed by atoms with E-state index in [1.54, 1.807) is 0 Å². The van der Waals surface area contributed by atoms with E-state index < -0.39 is 0 Å². The minimum Gasteiger partial charge on any atom is -0.360 e. The van der Waals surface area contributed by atoms with Crippen LogP contribution >= 0.6 is 22.6 Å². The molecule has 1 N–H and O–H groups in total. The number of aromatic nitrogens is 2. The van der Waals surface area contributed by atoms with Crippen molar-refractivity contribution in [3.05, 3.63) is 63.1 Å². The molecule has 0 aliphatic heterocycles. The Bertz CT molecular complexity index is 798. The Morgan fingerprint density at radius 1 is 1.19 bits per heavy atom. The average Bonchev–Trinajstić information content (AvgIpc) is 2.83. The highest BCUT2D eigenvalue weighted by Crippen LogP contribution is 2.50. The summed E-state index contributed by atoms with van der Waals surface area (Å²) in [6.07, 6.45) is 7.93. The topological polar surface area (TPSA) is 28.7 Å². The van der Waals surface area contributed by atoms with E-state index in [0.29, 0.717) is 0 Å². The maximum absolute atomic E-state index is 4.40. The van der Waals surface area contributed by atoms with Crippen molar-refractivity contribution in [2.24, 2.45) is 0 Å². The summed E-state index contributed by atoms with van der Waals surface area (Å²) in [6.45, 7) is 2.06. The number of nitrogens with zero attached hydrogens (tertiary/aromatic N) is 1. The third kappa shape index (κ3) is 2.01. The number of fused-ring (bicyclic) bond motifs is 1.